The molecule has 0 saturated heterocycles. The van der Waals surface area contributed by atoms with Gasteiger partial charge in [-0.15, -0.1) is 0 Å². The van der Waals surface area contributed by atoms with Crippen LogP contribution in [0.2, 0.25) is 0 Å². The van der Waals surface area contributed by atoms with Crippen LogP contribution >= 0.6 is 0 Å². The molecule has 1 aliphatic heterocycles. The Morgan fingerprint density at radius 3 is 1.74 bits per heavy atom. The first-order valence-corrected chi connectivity index (χ1v) is 16.4. The third-order valence-corrected chi connectivity index (χ3v) is 10.0. The van der Waals surface area contributed by atoms with Crippen LogP contribution in [0.3, 0.4) is 0 Å². The molecule has 0 bridgehead atoms. The largest absolute Gasteiger partial charge is 0.311 e. The van der Waals surface area contributed by atoms with Crippen molar-refractivity contribution >= 4 is 34.1 Å². The minimum Gasteiger partial charge on any atom is -0.311 e. The first kappa shape index (κ1) is 27.5. The van der Waals surface area contributed by atoms with Crippen molar-refractivity contribution in [1.29, 1.82) is 0 Å². The van der Waals surface area contributed by atoms with Crippen LogP contribution < -0.4 is 9.80 Å². The quantitative estimate of drug-likeness (QED) is 0.187. The summed E-state index contributed by atoms with van der Waals surface area (Å²) >= 11 is 0. The maximum Gasteiger partial charge on any atom is 0.0512 e. The highest BCUT2D eigenvalue weighted by molar-refractivity contribution is 5.97. The zero-order valence-corrected chi connectivity index (χ0v) is 26.3. The van der Waals surface area contributed by atoms with Gasteiger partial charge in [0, 0.05) is 28.2 Å². The number of anilines is 6. The molecule has 9 rings (SSSR count). The van der Waals surface area contributed by atoms with E-state index < -0.39 is 0 Å². The number of hydrogen-bond acceptors (Lipinski definition) is 2. The summed E-state index contributed by atoms with van der Waals surface area (Å²) in [4.78, 5) is 4.77. The monoisotopic (exact) mass is 602 g/mol. The van der Waals surface area contributed by atoms with E-state index in [0.29, 0.717) is 0 Å². The normalized spacial score (nSPS) is 15.5. The molecule has 7 aromatic rings. The van der Waals surface area contributed by atoms with Gasteiger partial charge in [0.15, 0.2) is 0 Å². The predicted molar refractivity (Wildman–Crippen MR) is 196 cm³/mol. The molecule has 2 aliphatic rings. The minimum atomic E-state index is -0.241. The summed E-state index contributed by atoms with van der Waals surface area (Å²) in [6.07, 6.45) is 0.863. The van der Waals surface area contributed by atoms with Gasteiger partial charge in [0.2, 0.25) is 0 Å². The van der Waals surface area contributed by atoms with Gasteiger partial charge >= 0.3 is 0 Å². The molecule has 0 spiro atoms. The predicted octanol–water partition coefficient (Wildman–Crippen LogP) is 11.9. The molecule has 47 heavy (non-hydrogen) atoms. The maximum atomic E-state index is 2.47. The number of hydrogen-bond donors (Lipinski definition) is 0. The Morgan fingerprint density at radius 1 is 0.468 bits per heavy atom. The number of benzene rings is 7. The summed E-state index contributed by atoms with van der Waals surface area (Å²) in [7, 11) is 0. The van der Waals surface area contributed by atoms with Gasteiger partial charge in [-0.3, -0.25) is 0 Å². The van der Waals surface area contributed by atoms with Gasteiger partial charge in [0.1, 0.15) is 0 Å². The average Bonchev–Trinajstić information content (AvgIpc) is 3.41. The van der Waals surface area contributed by atoms with E-state index in [1.165, 1.54) is 56.0 Å². The van der Waals surface area contributed by atoms with Crippen LogP contribution in [0.15, 0.2) is 176 Å². The highest BCUT2D eigenvalue weighted by Gasteiger charge is 2.48. The van der Waals surface area contributed by atoms with Crippen molar-refractivity contribution in [2.75, 3.05) is 9.80 Å². The first-order valence-electron chi connectivity index (χ1n) is 16.4. The number of para-hydroxylation sites is 3. The molecule has 7 aromatic carbocycles. The Kier molecular flexibility index (Phi) is 6.36. The van der Waals surface area contributed by atoms with E-state index in [4.69, 9.17) is 0 Å². The SMILES string of the molecule is CC12c3ccccc3-c3cccc(c31)N(c1ccccc1)c1ccc(Cc3ccc(N(c4ccccc4)c4ccccc4)cc3)cc12. The van der Waals surface area contributed by atoms with Gasteiger partial charge in [0.05, 0.1) is 11.4 Å². The molecule has 0 aromatic heterocycles. The second kappa shape index (κ2) is 10.9. The number of fused-ring (bicyclic) bond motifs is 5. The molecule has 0 fully saturated rings. The van der Waals surface area contributed by atoms with Crippen molar-refractivity contribution in [3.8, 4) is 11.1 Å². The molecule has 2 heteroatoms. The summed E-state index contributed by atoms with van der Waals surface area (Å²) in [5.74, 6) is 0. The van der Waals surface area contributed by atoms with Crippen LogP contribution in [-0.4, -0.2) is 0 Å². The van der Waals surface area contributed by atoms with Gasteiger partial charge in [-0.1, -0.05) is 115 Å². The summed E-state index contributed by atoms with van der Waals surface area (Å²) in [6, 6.07) is 64.0. The molecule has 1 atom stereocenters. The van der Waals surface area contributed by atoms with Crippen molar-refractivity contribution in [3.05, 3.63) is 204 Å². The minimum absolute atomic E-state index is 0.241. The Bertz CT molecular complexity index is 2180. The van der Waals surface area contributed by atoms with Crippen LogP contribution in [0, 0.1) is 0 Å². The van der Waals surface area contributed by atoms with Crippen LogP contribution in [0.25, 0.3) is 11.1 Å². The Labute approximate surface area is 276 Å². The van der Waals surface area contributed by atoms with Gasteiger partial charge in [0.25, 0.3) is 0 Å². The lowest BCUT2D eigenvalue weighted by Gasteiger charge is -2.42. The van der Waals surface area contributed by atoms with Crippen LogP contribution in [0.1, 0.15) is 34.7 Å². The maximum absolute atomic E-state index is 2.47. The van der Waals surface area contributed by atoms with Gasteiger partial charge < -0.3 is 9.80 Å². The second-order valence-electron chi connectivity index (χ2n) is 12.7. The molecule has 1 aliphatic carbocycles. The Balaban J connectivity index is 1.13. The topological polar surface area (TPSA) is 6.48 Å². The van der Waals surface area contributed by atoms with E-state index >= 15 is 0 Å². The zero-order chi connectivity index (χ0) is 31.4. The zero-order valence-electron chi connectivity index (χ0n) is 26.3. The van der Waals surface area contributed by atoms with E-state index in [2.05, 4.69) is 193 Å². The fourth-order valence-corrected chi connectivity index (χ4v) is 7.92. The molecule has 1 heterocycles. The van der Waals surface area contributed by atoms with Crippen LogP contribution in [0.4, 0.5) is 34.1 Å². The van der Waals surface area contributed by atoms with E-state index in [9.17, 15) is 0 Å². The lowest BCUT2D eigenvalue weighted by Crippen LogP contribution is -2.32. The highest BCUT2D eigenvalue weighted by Crippen LogP contribution is 2.62. The third kappa shape index (κ3) is 4.33. The lowest BCUT2D eigenvalue weighted by atomic mass is 9.70. The van der Waals surface area contributed by atoms with Gasteiger partial charge in [-0.2, -0.15) is 0 Å². The first-order chi connectivity index (χ1) is 23.2. The van der Waals surface area contributed by atoms with E-state index in [1.807, 2.05) is 0 Å². The Hall–Kier alpha value is -5.86. The fraction of sp³-hybridized carbons (Fsp3) is 0.0667. The average molecular weight is 603 g/mol. The molecule has 0 amide bonds. The molecule has 0 radical (unpaired) electrons. The van der Waals surface area contributed by atoms with E-state index in [-0.39, 0.29) is 5.41 Å². The Morgan fingerprint density at radius 2 is 1.04 bits per heavy atom. The van der Waals surface area contributed by atoms with Crippen molar-refractivity contribution in [2.24, 2.45) is 0 Å². The summed E-state index contributed by atoms with van der Waals surface area (Å²) < 4.78 is 0. The standard InChI is InChI=1S/C45H34N2/c1-45-40-22-12-11-20-38(40)39-21-13-23-43(44(39)45)47(36-18-9-4-10-19-36)42-29-26-33(31-41(42)45)30-32-24-27-37(28-25-32)46(34-14-5-2-6-15-34)35-16-7-3-8-17-35/h2-29,31H,30H2,1H3. The molecular formula is C45H34N2. The van der Waals surface area contributed by atoms with Crippen LogP contribution in [-0.2, 0) is 11.8 Å². The number of rotatable bonds is 6. The molecule has 0 saturated carbocycles. The second-order valence-corrected chi connectivity index (χ2v) is 12.7. The smallest absolute Gasteiger partial charge is 0.0512 e. The summed E-state index contributed by atoms with van der Waals surface area (Å²) in [5, 5.41) is 0. The summed E-state index contributed by atoms with van der Waals surface area (Å²) in [5.41, 5.74) is 16.4. The molecule has 1 unspecified atom stereocenters. The molecular weight excluding hydrogens is 569 g/mol. The van der Waals surface area contributed by atoms with Crippen LogP contribution in [0.5, 0.6) is 0 Å². The highest BCUT2D eigenvalue weighted by atomic mass is 15.2. The van der Waals surface area contributed by atoms with Crippen molar-refractivity contribution in [3.63, 3.8) is 0 Å². The molecule has 2 nitrogen and oxygen atoms in total. The van der Waals surface area contributed by atoms with Gasteiger partial charge in [-0.25, -0.2) is 0 Å². The van der Waals surface area contributed by atoms with Gasteiger partial charge in [-0.05, 0) is 113 Å². The van der Waals surface area contributed by atoms with Crippen molar-refractivity contribution < 1.29 is 0 Å². The van der Waals surface area contributed by atoms with E-state index in [0.717, 1.165) is 23.5 Å². The summed E-state index contributed by atoms with van der Waals surface area (Å²) in [6.45, 7) is 2.43. The van der Waals surface area contributed by atoms with Crippen molar-refractivity contribution in [2.45, 2.75) is 18.8 Å². The van der Waals surface area contributed by atoms with E-state index in [1.54, 1.807) is 0 Å². The fourth-order valence-electron chi connectivity index (χ4n) is 7.92. The molecule has 224 valence electrons. The van der Waals surface area contributed by atoms with Crippen molar-refractivity contribution in [1.82, 2.24) is 0 Å². The molecule has 0 N–H and O–H groups in total. The third-order valence-electron chi connectivity index (χ3n) is 10.0. The number of nitrogens with zero attached hydrogens (tertiary/aromatic N) is 2. The lowest BCUT2D eigenvalue weighted by molar-refractivity contribution is 0.700.